The van der Waals surface area contributed by atoms with Crippen molar-refractivity contribution in [3.8, 4) is 11.5 Å². The number of aryl methyl sites for hydroxylation is 4. The molecule has 0 fully saturated rings. The second-order valence-corrected chi connectivity index (χ2v) is 11.3. The molecule has 2 aromatic rings. The predicted octanol–water partition coefficient (Wildman–Crippen LogP) is 10.4. The Morgan fingerprint density at radius 3 is 1.22 bits per heavy atom. The fraction of sp³-hybridized carbons (Fsp3) is 0.647. The molecular weight excluding hydrogens is 440 g/mol. The number of benzene rings is 2. The molecule has 0 saturated carbocycles. The summed E-state index contributed by atoms with van der Waals surface area (Å²) in [6.07, 6.45) is 17.0. The van der Waals surface area contributed by atoms with E-state index < -0.39 is 0 Å². The highest BCUT2D eigenvalue weighted by atomic mass is 16.3. The molecule has 0 radical (unpaired) electrons. The van der Waals surface area contributed by atoms with E-state index in [4.69, 9.17) is 0 Å². The van der Waals surface area contributed by atoms with E-state index in [1.165, 1.54) is 75.3 Å². The summed E-state index contributed by atoms with van der Waals surface area (Å²) in [5, 5.41) is 22.5. The fourth-order valence-electron chi connectivity index (χ4n) is 5.57. The molecule has 0 spiro atoms. The van der Waals surface area contributed by atoms with Gasteiger partial charge in [-0.25, -0.2) is 0 Å². The summed E-state index contributed by atoms with van der Waals surface area (Å²) < 4.78 is 0. The first kappa shape index (κ1) is 30.3. The number of phenols is 2. The van der Waals surface area contributed by atoms with Crippen LogP contribution in [-0.2, 0) is 12.8 Å². The van der Waals surface area contributed by atoms with Crippen molar-refractivity contribution >= 4 is 0 Å². The van der Waals surface area contributed by atoms with E-state index in [2.05, 4.69) is 65.8 Å². The first-order chi connectivity index (χ1) is 17.3. The van der Waals surface area contributed by atoms with Crippen molar-refractivity contribution < 1.29 is 10.2 Å². The zero-order valence-corrected chi connectivity index (χ0v) is 24.3. The van der Waals surface area contributed by atoms with Crippen molar-refractivity contribution in [2.24, 2.45) is 0 Å². The van der Waals surface area contributed by atoms with Crippen molar-refractivity contribution in [3.63, 3.8) is 0 Å². The fourth-order valence-corrected chi connectivity index (χ4v) is 5.57. The Morgan fingerprint density at radius 1 is 0.528 bits per heavy atom. The standard InChI is InChI=1S/C34H54O2/c1-7-9-11-13-15-17-19-29-21-25(3)23-31(33(29)35)27(5)28(6)32-24-26(4)22-30(34(32)36)20-18-16-14-12-10-8-2/h21-24,27-28,35-36H,7-20H2,1-6H3. The molecule has 2 N–H and O–H groups in total. The maximum absolute atomic E-state index is 11.2. The zero-order valence-electron chi connectivity index (χ0n) is 24.3. The van der Waals surface area contributed by atoms with E-state index in [1.807, 2.05) is 0 Å². The van der Waals surface area contributed by atoms with Gasteiger partial charge in [-0.2, -0.15) is 0 Å². The van der Waals surface area contributed by atoms with Crippen LogP contribution in [0.15, 0.2) is 24.3 Å². The number of hydrogen-bond donors (Lipinski definition) is 2. The van der Waals surface area contributed by atoms with Crippen LogP contribution < -0.4 is 0 Å². The highest BCUT2D eigenvalue weighted by Crippen LogP contribution is 2.43. The minimum atomic E-state index is 0.114. The Kier molecular flexibility index (Phi) is 13.5. The van der Waals surface area contributed by atoms with Crippen molar-refractivity contribution in [3.05, 3.63) is 57.6 Å². The van der Waals surface area contributed by atoms with E-state index in [9.17, 15) is 10.2 Å². The Balaban J connectivity index is 2.13. The van der Waals surface area contributed by atoms with Gasteiger partial charge in [-0.15, -0.1) is 0 Å². The first-order valence-electron chi connectivity index (χ1n) is 14.9. The van der Waals surface area contributed by atoms with Crippen LogP contribution in [0.4, 0.5) is 0 Å². The third kappa shape index (κ3) is 9.16. The van der Waals surface area contributed by atoms with Gasteiger partial charge in [-0.05, 0) is 73.6 Å². The summed E-state index contributed by atoms with van der Waals surface area (Å²) in [7, 11) is 0. The Labute approximate surface area is 222 Å². The largest absolute Gasteiger partial charge is 0.507 e. The van der Waals surface area contributed by atoms with Gasteiger partial charge in [0.1, 0.15) is 11.5 Å². The van der Waals surface area contributed by atoms with Crippen LogP contribution in [0.3, 0.4) is 0 Å². The van der Waals surface area contributed by atoms with Crippen LogP contribution in [0.2, 0.25) is 0 Å². The van der Waals surface area contributed by atoms with Crippen LogP contribution >= 0.6 is 0 Å². The quantitative estimate of drug-likeness (QED) is 0.215. The molecule has 2 unspecified atom stereocenters. The van der Waals surface area contributed by atoms with Gasteiger partial charge in [0, 0.05) is 0 Å². The third-order valence-corrected chi connectivity index (χ3v) is 8.06. The number of hydrogen-bond acceptors (Lipinski definition) is 2. The Morgan fingerprint density at radius 2 is 0.861 bits per heavy atom. The molecule has 0 saturated heterocycles. The molecule has 2 aromatic carbocycles. The normalized spacial score (nSPS) is 13.2. The second-order valence-electron chi connectivity index (χ2n) is 11.3. The maximum Gasteiger partial charge on any atom is 0.122 e. The molecule has 36 heavy (non-hydrogen) atoms. The molecule has 0 bridgehead atoms. The SMILES string of the molecule is CCCCCCCCc1cc(C)cc(C(C)C(C)c2cc(C)cc(CCCCCCCC)c2O)c1O. The summed E-state index contributed by atoms with van der Waals surface area (Å²) in [4.78, 5) is 0. The topological polar surface area (TPSA) is 40.5 Å². The summed E-state index contributed by atoms with van der Waals surface area (Å²) in [5.41, 5.74) is 6.61. The zero-order chi connectivity index (χ0) is 26.5. The lowest BCUT2D eigenvalue weighted by atomic mass is 9.80. The molecule has 202 valence electrons. The predicted molar refractivity (Wildman–Crippen MR) is 157 cm³/mol. The van der Waals surface area contributed by atoms with E-state index in [0.717, 1.165) is 47.9 Å². The van der Waals surface area contributed by atoms with Crippen molar-refractivity contribution in [2.75, 3.05) is 0 Å². The Bertz CT molecular complexity index is 838. The van der Waals surface area contributed by atoms with Crippen LogP contribution in [-0.4, -0.2) is 10.2 Å². The first-order valence-corrected chi connectivity index (χ1v) is 14.9. The summed E-state index contributed by atoms with van der Waals surface area (Å²) in [5.74, 6) is 1.16. The molecule has 0 aliphatic carbocycles. The van der Waals surface area contributed by atoms with E-state index in [1.54, 1.807) is 0 Å². The van der Waals surface area contributed by atoms with E-state index in [0.29, 0.717) is 11.5 Å². The van der Waals surface area contributed by atoms with Crippen molar-refractivity contribution in [2.45, 2.75) is 143 Å². The molecule has 0 amide bonds. The van der Waals surface area contributed by atoms with Gasteiger partial charge in [0.05, 0.1) is 0 Å². The lowest BCUT2D eigenvalue weighted by Crippen LogP contribution is -2.08. The number of rotatable bonds is 17. The van der Waals surface area contributed by atoms with Crippen molar-refractivity contribution in [1.82, 2.24) is 0 Å². The molecular formula is C34H54O2. The average molecular weight is 495 g/mol. The van der Waals surface area contributed by atoms with Gasteiger partial charge in [0.2, 0.25) is 0 Å². The van der Waals surface area contributed by atoms with Gasteiger partial charge in [-0.3, -0.25) is 0 Å². The monoisotopic (exact) mass is 494 g/mol. The van der Waals surface area contributed by atoms with Crippen LogP contribution in [0, 0.1) is 13.8 Å². The van der Waals surface area contributed by atoms with Crippen LogP contribution in [0.5, 0.6) is 11.5 Å². The van der Waals surface area contributed by atoms with Crippen molar-refractivity contribution in [1.29, 1.82) is 0 Å². The smallest absolute Gasteiger partial charge is 0.122 e. The second kappa shape index (κ2) is 16.0. The van der Waals surface area contributed by atoms with E-state index in [-0.39, 0.29) is 11.8 Å². The minimum Gasteiger partial charge on any atom is -0.507 e. The summed E-state index contributed by atoms with van der Waals surface area (Å²) in [6.45, 7) is 13.2. The van der Waals surface area contributed by atoms with Gasteiger partial charge >= 0.3 is 0 Å². The van der Waals surface area contributed by atoms with Gasteiger partial charge in [0.15, 0.2) is 0 Å². The summed E-state index contributed by atoms with van der Waals surface area (Å²) >= 11 is 0. The van der Waals surface area contributed by atoms with Crippen LogP contribution in [0.1, 0.15) is 150 Å². The number of unbranched alkanes of at least 4 members (excludes halogenated alkanes) is 10. The lowest BCUT2D eigenvalue weighted by Gasteiger charge is -2.25. The molecule has 0 aliphatic heterocycles. The van der Waals surface area contributed by atoms with Gasteiger partial charge < -0.3 is 10.2 Å². The third-order valence-electron chi connectivity index (χ3n) is 8.06. The molecule has 0 aliphatic rings. The average Bonchev–Trinajstić information content (AvgIpc) is 2.86. The molecule has 0 heterocycles. The van der Waals surface area contributed by atoms with E-state index >= 15 is 0 Å². The lowest BCUT2D eigenvalue weighted by molar-refractivity contribution is 0.435. The minimum absolute atomic E-state index is 0.114. The van der Waals surface area contributed by atoms with Gasteiger partial charge in [0.25, 0.3) is 0 Å². The molecule has 2 nitrogen and oxygen atoms in total. The van der Waals surface area contributed by atoms with Crippen LogP contribution in [0.25, 0.3) is 0 Å². The molecule has 2 heteroatoms. The van der Waals surface area contributed by atoms with Gasteiger partial charge in [-0.1, -0.05) is 127 Å². The molecule has 0 aromatic heterocycles. The highest BCUT2D eigenvalue weighted by Gasteiger charge is 2.24. The maximum atomic E-state index is 11.2. The summed E-state index contributed by atoms with van der Waals surface area (Å²) in [6, 6.07) is 8.60. The Hall–Kier alpha value is -1.96. The number of aromatic hydroxyl groups is 2. The molecule has 2 rings (SSSR count). The highest BCUT2D eigenvalue weighted by molar-refractivity contribution is 5.50. The number of phenolic OH excluding ortho intramolecular Hbond substituents is 2. The molecule has 2 atom stereocenters.